The van der Waals surface area contributed by atoms with Crippen molar-refractivity contribution in [2.45, 2.75) is 77.7 Å². The summed E-state index contributed by atoms with van der Waals surface area (Å²) >= 11 is 0. The van der Waals surface area contributed by atoms with Gasteiger partial charge in [0.1, 0.15) is 6.10 Å². The van der Waals surface area contributed by atoms with E-state index in [-0.39, 0.29) is 24.8 Å². The van der Waals surface area contributed by atoms with Crippen molar-refractivity contribution in [2.75, 3.05) is 31.3 Å². The summed E-state index contributed by atoms with van der Waals surface area (Å²) in [5.74, 6) is -1.89. The lowest BCUT2D eigenvalue weighted by Gasteiger charge is -2.42. The Morgan fingerprint density at radius 3 is 2.09 bits per heavy atom. The Labute approximate surface area is 206 Å². The Morgan fingerprint density at radius 2 is 1.65 bits per heavy atom. The summed E-state index contributed by atoms with van der Waals surface area (Å²) in [6.45, 7) is 15.4. The van der Waals surface area contributed by atoms with Crippen molar-refractivity contribution in [1.82, 2.24) is 0 Å². The van der Waals surface area contributed by atoms with Crippen molar-refractivity contribution < 1.29 is 35.7 Å². The zero-order valence-corrected chi connectivity index (χ0v) is 24.5. The first kappa shape index (κ1) is 31.2. The van der Waals surface area contributed by atoms with Gasteiger partial charge in [0.25, 0.3) is 10.1 Å². The van der Waals surface area contributed by atoms with Gasteiger partial charge in [-0.1, -0.05) is 39.0 Å². The predicted octanol–water partition coefficient (Wildman–Crippen LogP) is 4.73. The zero-order chi connectivity index (χ0) is 26.4. The normalized spacial score (nSPS) is 16.2. The third kappa shape index (κ3) is 9.02. The number of benzene rings is 1. The molecule has 0 aromatic heterocycles. The van der Waals surface area contributed by atoms with Gasteiger partial charge in [-0.3, -0.25) is 8.75 Å². The first-order chi connectivity index (χ1) is 15.5. The fourth-order valence-corrected chi connectivity index (χ4v) is 6.75. The van der Waals surface area contributed by atoms with Crippen molar-refractivity contribution in [1.29, 1.82) is 0 Å². The molecule has 0 bridgehead atoms. The molecule has 0 aliphatic heterocycles. The summed E-state index contributed by atoms with van der Waals surface area (Å²) in [5, 5.41) is 14.2. The van der Waals surface area contributed by atoms with E-state index in [1.54, 1.807) is 13.8 Å². The lowest BCUT2D eigenvalue weighted by Crippen LogP contribution is -2.53. The second-order valence-electron chi connectivity index (χ2n) is 9.67. The molecule has 0 radical (unpaired) electrons. The van der Waals surface area contributed by atoms with Crippen LogP contribution in [0.4, 0.5) is 5.69 Å². The summed E-state index contributed by atoms with van der Waals surface area (Å²) in [4.78, 5) is 0. The maximum absolute atomic E-state index is 13.4. The number of hydrogen-bond donors (Lipinski definition) is 2. The quantitative estimate of drug-likeness (QED) is 0.196. The molecule has 1 rings (SSSR count). The standard InChI is InChI=1S/C22H42NO8PSSi/c1-10-28-32(25,29-11-2)21(24)20(30-33(7,26)27)19(31-34(8,9)22(4,5)6)16-23-18-15-13-12-14-17(18)3/h12-15,19-21,23-24H,10-11,16H2,1-9H3/t19-,20-,21+/m0/s1. The number of aliphatic hydroxyl groups excluding tert-OH is 1. The van der Waals surface area contributed by atoms with E-state index in [0.717, 1.165) is 17.5 Å². The minimum absolute atomic E-state index is 0.00481. The van der Waals surface area contributed by atoms with Crippen molar-refractivity contribution in [3.63, 3.8) is 0 Å². The fraction of sp³-hybridized carbons (Fsp3) is 0.727. The number of anilines is 1. The number of hydrogen-bond acceptors (Lipinski definition) is 9. The molecule has 0 aliphatic carbocycles. The van der Waals surface area contributed by atoms with E-state index in [1.807, 2.05) is 65.1 Å². The Hall–Kier alpha value is -0.783. The molecule has 12 heteroatoms. The summed E-state index contributed by atoms with van der Waals surface area (Å²) in [6, 6.07) is 7.59. The van der Waals surface area contributed by atoms with Crippen LogP contribution >= 0.6 is 7.60 Å². The van der Waals surface area contributed by atoms with E-state index in [1.165, 1.54) is 0 Å². The lowest BCUT2D eigenvalue weighted by molar-refractivity contribution is -0.0110. The van der Waals surface area contributed by atoms with E-state index < -0.39 is 44.1 Å². The van der Waals surface area contributed by atoms with Crippen LogP contribution in [0, 0.1) is 6.92 Å². The van der Waals surface area contributed by atoms with Gasteiger partial charge in [0.15, 0.2) is 14.2 Å². The van der Waals surface area contributed by atoms with Gasteiger partial charge >= 0.3 is 7.60 Å². The molecule has 9 nitrogen and oxygen atoms in total. The van der Waals surface area contributed by atoms with E-state index in [2.05, 4.69) is 5.32 Å². The molecule has 1 aromatic rings. The van der Waals surface area contributed by atoms with Gasteiger partial charge in [0, 0.05) is 12.2 Å². The third-order valence-electron chi connectivity index (χ3n) is 5.78. The highest BCUT2D eigenvalue weighted by Gasteiger charge is 2.49. The summed E-state index contributed by atoms with van der Waals surface area (Å²) in [7, 11) is -10.7. The predicted molar refractivity (Wildman–Crippen MR) is 138 cm³/mol. The van der Waals surface area contributed by atoms with Gasteiger partial charge in [0.2, 0.25) is 0 Å². The highest BCUT2D eigenvalue weighted by atomic mass is 32.2. The van der Waals surface area contributed by atoms with Crippen LogP contribution < -0.4 is 5.32 Å². The van der Waals surface area contributed by atoms with Gasteiger partial charge in [0.05, 0.1) is 25.6 Å². The average Bonchev–Trinajstić information content (AvgIpc) is 2.68. The van der Waals surface area contributed by atoms with Crippen LogP contribution in [0.1, 0.15) is 40.2 Å². The Morgan fingerprint density at radius 1 is 1.12 bits per heavy atom. The molecule has 0 unspecified atom stereocenters. The molecule has 1 aromatic carbocycles. The minimum atomic E-state index is -4.14. The summed E-state index contributed by atoms with van der Waals surface area (Å²) < 4.78 is 60.3. The second kappa shape index (κ2) is 12.4. The molecule has 0 spiro atoms. The summed E-state index contributed by atoms with van der Waals surface area (Å²) in [5.41, 5.74) is 1.79. The average molecular weight is 540 g/mol. The first-order valence-electron chi connectivity index (χ1n) is 11.4. The van der Waals surface area contributed by atoms with E-state index in [9.17, 15) is 18.1 Å². The zero-order valence-electron chi connectivity index (χ0n) is 21.8. The molecular weight excluding hydrogens is 497 g/mol. The van der Waals surface area contributed by atoms with Crippen molar-refractivity contribution in [3.05, 3.63) is 29.8 Å². The molecular formula is C22H42NO8PSSi. The summed E-state index contributed by atoms with van der Waals surface area (Å²) in [6.07, 6.45) is -1.65. The van der Waals surface area contributed by atoms with Gasteiger partial charge in [-0.05, 0) is 50.5 Å². The highest BCUT2D eigenvalue weighted by molar-refractivity contribution is 7.86. The van der Waals surface area contributed by atoms with Crippen molar-refractivity contribution in [2.24, 2.45) is 0 Å². The molecule has 0 heterocycles. The first-order valence-corrected chi connectivity index (χ1v) is 17.7. The molecule has 2 N–H and O–H groups in total. The van der Waals surface area contributed by atoms with E-state index in [4.69, 9.17) is 17.7 Å². The Bertz CT molecular complexity index is 925. The van der Waals surface area contributed by atoms with Gasteiger partial charge in [-0.15, -0.1) is 0 Å². The molecule has 0 saturated heterocycles. The van der Waals surface area contributed by atoms with Crippen LogP contribution in [0.25, 0.3) is 0 Å². The molecule has 0 aliphatic rings. The number of para-hydroxylation sites is 1. The van der Waals surface area contributed by atoms with E-state index in [0.29, 0.717) is 0 Å². The number of nitrogens with one attached hydrogen (secondary N) is 1. The molecule has 198 valence electrons. The van der Waals surface area contributed by atoms with Crippen LogP contribution in [0.15, 0.2) is 24.3 Å². The number of aryl methyl sites for hydroxylation is 1. The number of rotatable bonds is 14. The second-order valence-corrected chi connectivity index (χ2v) is 18.1. The maximum Gasteiger partial charge on any atom is 0.361 e. The topological polar surface area (TPSA) is 120 Å². The lowest BCUT2D eigenvalue weighted by atomic mass is 10.1. The Kier molecular flexibility index (Phi) is 11.4. The number of aliphatic hydroxyl groups is 1. The largest absolute Gasteiger partial charge is 0.409 e. The van der Waals surface area contributed by atoms with E-state index >= 15 is 0 Å². The third-order valence-corrected chi connectivity index (χ3v) is 13.0. The van der Waals surface area contributed by atoms with Crippen LogP contribution in [-0.4, -0.2) is 65.9 Å². The van der Waals surface area contributed by atoms with Gasteiger partial charge in [-0.25, -0.2) is 0 Å². The Balaban J connectivity index is 3.52. The molecule has 0 saturated carbocycles. The molecule has 0 amide bonds. The highest BCUT2D eigenvalue weighted by Crippen LogP contribution is 2.54. The van der Waals surface area contributed by atoms with Crippen molar-refractivity contribution >= 4 is 31.7 Å². The fourth-order valence-electron chi connectivity index (χ4n) is 3.00. The van der Waals surface area contributed by atoms with Crippen LogP contribution in [0.5, 0.6) is 0 Å². The smallest absolute Gasteiger partial charge is 0.361 e. The van der Waals surface area contributed by atoms with Crippen molar-refractivity contribution in [3.8, 4) is 0 Å². The SMILES string of the molecule is CCOP(=O)(OCC)[C@@H](O)[C@@H](OS(C)(=O)=O)[C@H](CNc1ccccc1C)O[Si](C)(C)C(C)(C)C. The molecule has 3 atom stereocenters. The maximum atomic E-state index is 13.4. The van der Waals surface area contributed by atoms with Crippen LogP contribution in [0.2, 0.25) is 18.1 Å². The van der Waals surface area contributed by atoms with Gasteiger partial charge in [-0.2, -0.15) is 8.42 Å². The van der Waals surface area contributed by atoms with Crippen LogP contribution in [-0.2, 0) is 32.3 Å². The molecule has 34 heavy (non-hydrogen) atoms. The minimum Gasteiger partial charge on any atom is -0.409 e. The van der Waals surface area contributed by atoms with Crippen LogP contribution in [0.3, 0.4) is 0 Å². The van der Waals surface area contributed by atoms with Gasteiger partial charge < -0.3 is 23.9 Å². The monoisotopic (exact) mass is 539 g/mol. The molecule has 0 fully saturated rings.